The molecule has 5 N–H and O–H groups in total. The van der Waals surface area contributed by atoms with E-state index >= 15 is 0 Å². The number of amidine groups is 1. The third-order valence-corrected chi connectivity index (χ3v) is 6.39. The number of aromatic nitrogens is 1. The molecule has 1 unspecified atom stereocenters. The largest absolute Gasteiger partial charge is 0.426 e. The van der Waals surface area contributed by atoms with Gasteiger partial charge in [0.25, 0.3) is 11.8 Å². The number of hydrogen-bond donors (Lipinski definition) is 5. The maximum atomic E-state index is 13.5. The van der Waals surface area contributed by atoms with Crippen LogP contribution in [-0.4, -0.2) is 73.3 Å². The summed E-state index contributed by atoms with van der Waals surface area (Å²) in [6.07, 6.45) is 2.58. The molecule has 1 heterocycles. The number of benzene rings is 1. The van der Waals surface area contributed by atoms with Gasteiger partial charge in [0.2, 0.25) is 13.2 Å². The van der Waals surface area contributed by atoms with Gasteiger partial charge in [0.1, 0.15) is 11.7 Å². The number of ether oxygens (including phenoxy) is 2. The van der Waals surface area contributed by atoms with Gasteiger partial charge in [-0.15, -0.1) is 0 Å². The van der Waals surface area contributed by atoms with Crippen molar-refractivity contribution in [3.8, 4) is 0 Å². The highest BCUT2D eigenvalue weighted by Gasteiger charge is 2.32. The lowest BCUT2D eigenvalue weighted by Gasteiger charge is -2.26. The van der Waals surface area contributed by atoms with Gasteiger partial charge in [-0.25, -0.2) is 14.5 Å². The van der Waals surface area contributed by atoms with E-state index in [9.17, 15) is 24.0 Å². The summed E-state index contributed by atoms with van der Waals surface area (Å²) in [6.45, 7) is 6.09. The Morgan fingerprint density at radius 3 is 2.49 bits per heavy atom. The molecule has 1 fully saturated rings. The highest BCUT2D eigenvalue weighted by molar-refractivity contribution is 6.21. The molecule has 0 saturated heterocycles. The molecule has 1 atom stereocenters. The summed E-state index contributed by atoms with van der Waals surface area (Å²) in [5, 5.41) is 17.0. The lowest BCUT2D eigenvalue weighted by molar-refractivity contribution is -0.154. The van der Waals surface area contributed by atoms with Crippen LogP contribution >= 0.6 is 0 Å². The first-order valence-corrected chi connectivity index (χ1v) is 13.0. The predicted octanol–water partition coefficient (Wildman–Crippen LogP) is 1.52. The quantitative estimate of drug-likeness (QED) is 0.0838. The first kappa shape index (κ1) is 30.7. The predicted molar refractivity (Wildman–Crippen MR) is 150 cm³/mol. The number of nitrogens with one attached hydrogen (secondary N) is 5. The summed E-state index contributed by atoms with van der Waals surface area (Å²) in [7, 11) is 1.59. The van der Waals surface area contributed by atoms with Crippen molar-refractivity contribution < 1.29 is 33.4 Å². The Morgan fingerprint density at radius 2 is 1.88 bits per heavy atom. The van der Waals surface area contributed by atoms with Crippen molar-refractivity contribution in [2.45, 2.75) is 52.6 Å². The molecule has 1 aromatic heterocycles. The number of anilines is 1. The average molecular weight is 570 g/mol. The van der Waals surface area contributed by atoms with Gasteiger partial charge in [-0.05, 0) is 63.8 Å². The van der Waals surface area contributed by atoms with E-state index in [1.807, 2.05) is 0 Å². The van der Waals surface area contributed by atoms with Crippen molar-refractivity contribution in [3.63, 3.8) is 0 Å². The Hall–Kier alpha value is -4.88. The number of carbonyl (C=O) groups excluding carboxylic acids is 5. The van der Waals surface area contributed by atoms with Crippen LogP contribution < -0.4 is 26.3 Å². The van der Waals surface area contributed by atoms with Crippen LogP contribution in [0, 0.1) is 19.3 Å². The van der Waals surface area contributed by atoms with Gasteiger partial charge in [0, 0.05) is 31.4 Å². The van der Waals surface area contributed by atoms with E-state index in [-0.39, 0.29) is 40.6 Å². The van der Waals surface area contributed by atoms with Gasteiger partial charge < -0.3 is 30.8 Å². The van der Waals surface area contributed by atoms with Crippen LogP contribution in [0.2, 0.25) is 0 Å². The number of hydrogen-bond acceptors (Lipinski definition) is 9. The van der Waals surface area contributed by atoms with Crippen LogP contribution in [0.1, 0.15) is 64.2 Å². The van der Waals surface area contributed by atoms with E-state index in [0.717, 1.165) is 17.7 Å². The Balaban J connectivity index is 2.01. The smallest absolute Gasteiger partial charge is 0.423 e. The number of nitrogens with zero attached hydrogens (tertiary/aromatic N) is 2. The molecule has 3 rings (SSSR count). The van der Waals surface area contributed by atoms with Gasteiger partial charge in [-0.2, -0.15) is 0 Å². The Morgan fingerprint density at radius 1 is 1.17 bits per heavy atom. The lowest BCUT2D eigenvalue weighted by atomic mass is 10.1. The highest BCUT2D eigenvalue weighted by atomic mass is 16.7. The van der Waals surface area contributed by atoms with Crippen molar-refractivity contribution in [1.29, 1.82) is 5.41 Å². The molecule has 4 amide bonds. The van der Waals surface area contributed by atoms with Crippen LogP contribution in [0.3, 0.4) is 0 Å². The normalized spacial score (nSPS) is 12.9. The highest BCUT2D eigenvalue weighted by Crippen LogP contribution is 2.28. The molecule has 1 saturated carbocycles. The first-order valence-electron chi connectivity index (χ1n) is 13.0. The first-order chi connectivity index (χ1) is 19.5. The average Bonchev–Trinajstić information content (AvgIpc) is 3.68. The number of rotatable bonds is 12. The zero-order chi connectivity index (χ0) is 30.3. The second-order valence-corrected chi connectivity index (χ2v) is 9.40. The van der Waals surface area contributed by atoms with Crippen molar-refractivity contribution in [1.82, 2.24) is 20.6 Å². The van der Waals surface area contributed by atoms with Gasteiger partial charge in [0.15, 0.2) is 5.84 Å². The van der Waals surface area contributed by atoms with Gasteiger partial charge in [-0.3, -0.25) is 24.5 Å². The zero-order valence-corrected chi connectivity index (χ0v) is 23.6. The second kappa shape index (κ2) is 13.5. The molecule has 14 heteroatoms. The number of amides is 4. The second-order valence-electron chi connectivity index (χ2n) is 9.40. The van der Waals surface area contributed by atoms with E-state index < -0.39 is 24.9 Å². The number of carbonyl (C=O) groups is 5. The van der Waals surface area contributed by atoms with Crippen LogP contribution in [0.4, 0.5) is 10.5 Å². The lowest BCUT2D eigenvalue weighted by Crippen LogP contribution is -2.41. The fraction of sp³-hybridized carbons (Fsp3) is 0.407. The minimum Gasteiger partial charge on any atom is -0.426 e. The molecule has 0 aliphatic heterocycles. The van der Waals surface area contributed by atoms with Crippen LogP contribution in [0.15, 0.2) is 24.4 Å². The summed E-state index contributed by atoms with van der Waals surface area (Å²) < 4.78 is 11.6. The monoisotopic (exact) mass is 569 g/mol. The molecule has 0 bridgehead atoms. The summed E-state index contributed by atoms with van der Waals surface area (Å²) in [6, 6.07) is 3.79. The minimum absolute atomic E-state index is 0.112. The molecule has 220 valence electrons. The van der Waals surface area contributed by atoms with Crippen molar-refractivity contribution in [3.05, 3.63) is 52.3 Å². The van der Waals surface area contributed by atoms with Gasteiger partial charge in [0.05, 0.1) is 11.3 Å². The number of aryl methyl sites for hydroxylation is 1. The molecular weight excluding hydrogens is 534 g/mol. The van der Waals surface area contributed by atoms with E-state index in [0.29, 0.717) is 29.6 Å². The van der Waals surface area contributed by atoms with Gasteiger partial charge >= 0.3 is 12.1 Å². The fourth-order valence-electron chi connectivity index (χ4n) is 3.95. The van der Waals surface area contributed by atoms with Crippen molar-refractivity contribution >= 4 is 41.8 Å². The fourth-order valence-corrected chi connectivity index (χ4v) is 3.95. The third kappa shape index (κ3) is 7.21. The minimum atomic E-state index is -1.08. The van der Waals surface area contributed by atoms with Crippen LogP contribution in [-0.2, 0) is 19.1 Å². The molecule has 41 heavy (non-hydrogen) atoms. The maximum absolute atomic E-state index is 13.5. The number of esters is 1. The zero-order valence-electron chi connectivity index (χ0n) is 23.6. The van der Waals surface area contributed by atoms with E-state index in [2.05, 4.69) is 21.4 Å². The molecular formula is C27H35N7O7. The summed E-state index contributed by atoms with van der Waals surface area (Å²) >= 11 is 0. The molecule has 2 aromatic rings. The molecule has 1 aromatic carbocycles. The van der Waals surface area contributed by atoms with Gasteiger partial charge in [-0.1, -0.05) is 6.07 Å². The van der Waals surface area contributed by atoms with E-state index in [1.165, 1.54) is 23.9 Å². The standard InChI is InChI=1S/C27H35N7O7/c1-6-30-24(36)18-8-7-15(2)21(11-18)34(27(39)41-14-40-26(38)17(4)31-13-35)23(28)22-16(3)20(12-33(22)29-5)25(37)32-19-9-10-19/h7-8,11-13,17,19,28-29H,6,9-10,14H2,1-5H3,(H,30,36)(H,31,35)(H,32,37). The van der Waals surface area contributed by atoms with E-state index in [1.54, 1.807) is 40.0 Å². The molecule has 1 aliphatic rings. The SMILES string of the molecule is CCNC(=O)c1ccc(C)c(N(C(=N)c2c(C)c(C(=O)NC3CC3)cn2NC)C(=O)OCOC(=O)C(C)NC=O)c1. The summed E-state index contributed by atoms with van der Waals surface area (Å²) in [5.74, 6) is -1.90. The molecule has 14 nitrogen and oxygen atoms in total. The molecule has 0 radical (unpaired) electrons. The van der Waals surface area contributed by atoms with Crippen LogP contribution in [0.5, 0.6) is 0 Å². The topological polar surface area (TPSA) is 184 Å². The Kier molecular flexibility index (Phi) is 10.1. The van der Waals surface area contributed by atoms with Crippen molar-refractivity contribution in [2.24, 2.45) is 0 Å². The third-order valence-electron chi connectivity index (χ3n) is 6.39. The van der Waals surface area contributed by atoms with Crippen LogP contribution in [0.25, 0.3) is 0 Å². The molecule has 1 aliphatic carbocycles. The van der Waals surface area contributed by atoms with E-state index in [4.69, 9.17) is 14.9 Å². The molecule has 0 spiro atoms. The maximum Gasteiger partial charge on any atom is 0.423 e. The summed E-state index contributed by atoms with van der Waals surface area (Å²) in [4.78, 5) is 62.5. The Bertz CT molecular complexity index is 1350. The summed E-state index contributed by atoms with van der Waals surface area (Å²) in [5.41, 5.74) is 4.77. The Labute approximate surface area is 237 Å². The van der Waals surface area contributed by atoms with Crippen molar-refractivity contribution in [2.75, 3.05) is 30.7 Å².